The maximum Gasteiger partial charge on any atom is 0.230 e. The molecule has 0 unspecified atom stereocenters. The van der Waals surface area contributed by atoms with E-state index in [0.717, 1.165) is 5.69 Å². The minimum absolute atomic E-state index is 0.121. The molecule has 0 fully saturated rings. The molecule has 22 heavy (non-hydrogen) atoms. The largest absolute Gasteiger partial charge is 0.339 e. The van der Waals surface area contributed by atoms with Crippen molar-refractivity contribution < 1.29 is 4.79 Å². The number of hydrogen-bond acceptors (Lipinski definition) is 5. The van der Waals surface area contributed by atoms with Crippen molar-refractivity contribution in [2.24, 2.45) is 5.41 Å². The van der Waals surface area contributed by atoms with Gasteiger partial charge in [0.2, 0.25) is 5.91 Å². The summed E-state index contributed by atoms with van der Waals surface area (Å²) in [5.41, 5.74) is 0.822. The van der Waals surface area contributed by atoms with Crippen LogP contribution in [0.3, 0.4) is 0 Å². The molecule has 112 valence electrons. The Labute approximate surface area is 129 Å². The first-order chi connectivity index (χ1) is 10.4. The number of nitrogens with zero attached hydrogens (tertiary/aromatic N) is 3. The summed E-state index contributed by atoms with van der Waals surface area (Å²) in [6.45, 7) is 5.48. The second kappa shape index (κ2) is 6.22. The average Bonchev–Trinajstić information content (AvgIpc) is 2.48. The van der Waals surface area contributed by atoms with Crippen LogP contribution in [0.15, 0.2) is 36.4 Å². The number of carbonyl (C=O) groups is 1. The second-order valence-electron chi connectivity index (χ2n) is 5.83. The Balaban J connectivity index is 2.06. The van der Waals surface area contributed by atoms with Crippen LogP contribution in [0.25, 0.3) is 0 Å². The molecule has 2 N–H and O–H groups in total. The number of nitrogens with one attached hydrogen (secondary N) is 2. The van der Waals surface area contributed by atoms with Gasteiger partial charge >= 0.3 is 0 Å². The van der Waals surface area contributed by atoms with Gasteiger partial charge in [0, 0.05) is 11.1 Å². The smallest absolute Gasteiger partial charge is 0.230 e. The van der Waals surface area contributed by atoms with Gasteiger partial charge in [-0.05, 0) is 30.3 Å². The van der Waals surface area contributed by atoms with E-state index in [1.807, 2.05) is 26.8 Å². The van der Waals surface area contributed by atoms with E-state index in [9.17, 15) is 4.79 Å². The predicted molar refractivity (Wildman–Crippen MR) is 84.6 cm³/mol. The minimum atomic E-state index is -0.490. The van der Waals surface area contributed by atoms with Crippen LogP contribution in [0, 0.1) is 16.7 Å². The quantitative estimate of drug-likeness (QED) is 0.908. The highest BCUT2D eigenvalue weighted by Gasteiger charge is 2.21. The Bertz CT molecular complexity index is 711. The van der Waals surface area contributed by atoms with Gasteiger partial charge in [-0.1, -0.05) is 26.8 Å². The highest BCUT2D eigenvalue weighted by molar-refractivity contribution is 5.93. The number of amides is 1. The molecule has 1 aromatic heterocycles. The minimum Gasteiger partial charge on any atom is -0.339 e. The highest BCUT2D eigenvalue weighted by Crippen LogP contribution is 2.18. The molecule has 0 bridgehead atoms. The van der Waals surface area contributed by atoms with Crippen molar-refractivity contribution in [3.05, 3.63) is 42.0 Å². The molecule has 1 amide bonds. The lowest BCUT2D eigenvalue weighted by Gasteiger charge is -2.16. The van der Waals surface area contributed by atoms with Crippen molar-refractivity contribution in [3.8, 4) is 6.07 Å². The number of rotatable bonds is 3. The van der Waals surface area contributed by atoms with Crippen LogP contribution >= 0.6 is 0 Å². The lowest BCUT2D eigenvalue weighted by Crippen LogP contribution is -2.28. The van der Waals surface area contributed by atoms with Gasteiger partial charge in [0.25, 0.3) is 0 Å². The van der Waals surface area contributed by atoms with Gasteiger partial charge in [0.15, 0.2) is 11.6 Å². The van der Waals surface area contributed by atoms with Crippen molar-refractivity contribution in [1.29, 1.82) is 5.26 Å². The summed E-state index contributed by atoms with van der Waals surface area (Å²) >= 11 is 0. The first-order valence-electron chi connectivity index (χ1n) is 6.81. The zero-order valence-electron chi connectivity index (χ0n) is 12.7. The Kier molecular flexibility index (Phi) is 4.37. The van der Waals surface area contributed by atoms with Crippen LogP contribution in [-0.2, 0) is 4.79 Å². The van der Waals surface area contributed by atoms with Gasteiger partial charge in [0.1, 0.15) is 0 Å². The van der Waals surface area contributed by atoms with Crippen molar-refractivity contribution in [2.45, 2.75) is 20.8 Å². The Morgan fingerprint density at radius 3 is 2.41 bits per heavy atom. The predicted octanol–water partition coefficient (Wildman–Crippen LogP) is 3.08. The zero-order chi connectivity index (χ0) is 16.2. The molecule has 0 aliphatic heterocycles. The highest BCUT2D eigenvalue weighted by atomic mass is 16.2. The Hall–Kier alpha value is -2.94. The van der Waals surface area contributed by atoms with Crippen LogP contribution in [0.2, 0.25) is 0 Å². The van der Waals surface area contributed by atoms with Gasteiger partial charge in [0.05, 0.1) is 11.6 Å². The van der Waals surface area contributed by atoms with Crippen LogP contribution in [0.4, 0.5) is 17.3 Å². The molecule has 6 nitrogen and oxygen atoms in total. The van der Waals surface area contributed by atoms with E-state index in [1.165, 1.54) is 0 Å². The van der Waals surface area contributed by atoms with E-state index >= 15 is 0 Å². The number of nitriles is 1. The molecule has 6 heteroatoms. The first kappa shape index (κ1) is 15.4. The standard InChI is InChI=1S/C16H17N5O/c1-16(2,3)15(22)19-14-8-7-13(20-21-14)18-12-6-4-5-11(9-12)10-17/h4-9H,1-3H3,(H,18,20)(H,19,21,22). The fourth-order valence-electron chi connectivity index (χ4n) is 1.58. The summed E-state index contributed by atoms with van der Waals surface area (Å²) in [6.07, 6.45) is 0. The van der Waals surface area contributed by atoms with Crippen LogP contribution in [0.1, 0.15) is 26.3 Å². The fraction of sp³-hybridized carbons (Fsp3) is 0.250. The van der Waals surface area contributed by atoms with Gasteiger partial charge in [-0.25, -0.2) is 0 Å². The summed E-state index contributed by atoms with van der Waals surface area (Å²) in [4.78, 5) is 11.9. The Morgan fingerprint density at radius 2 is 1.82 bits per heavy atom. The number of aromatic nitrogens is 2. The lowest BCUT2D eigenvalue weighted by molar-refractivity contribution is -0.123. The summed E-state index contributed by atoms with van der Waals surface area (Å²) in [5.74, 6) is 0.810. The fourth-order valence-corrected chi connectivity index (χ4v) is 1.58. The summed E-state index contributed by atoms with van der Waals surface area (Å²) in [7, 11) is 0. The molecule has 0 spiro atoms. The molecule has 2 aromatic rings. The average molecular weight is 295 g/mol. The van der Waals surface area contributed by atoms with Crippen LogP contribution in [0.5, 0.6) is 0 Å². The van der Waals surface area contributed by atoms with E-state index in [1.54, 1.807) is 30.3 Å². The lowest BCUT2D eigenvalue weighted by atomic mass is 9.96. The van der Waals surface area contributed by atoms with Crippen molar-refractivity contribution in [1.82, 2.24) is 10.2 Å². The van der Waals surface area contributed by atoms with Crippen LogP contribution in [-0.4, -0.2) is 16.1 Å². The normalized spacial score (nSPS) is 10.6. The maximum atomic E-state index is 11.9. The second-order valence-corrected chi connectivity index (χ2v) is 5.83. The molecule has 0 saturated carbocycles. The topological polar surface area (TPSA) is 90.7 Å². The SMILES string of the molecule is CC(C)(C)C(=O)Nc1ccc(Nc2cccc(C#N)c2)nn1. The first-order valence-corrected chi connectivity index (χ1v) is 6.81. The van der Waals surface area contributed by atoms with E-state index in [4.69, 9.17) is 5.26 Å². The summed E-state index contributed by atoms with van der Waals surface area (Å²) < 4.78 is 0. The van der Waals surface area contributed by atoms with Crippen LogP contribution < -0.4 is 10.6 Å². The van der Waals surface area contributed by atoms with Gasteiger partial charge in [-0.3, -0.25) is 4.79 Å². The number of anilines is 3. The molecule has 0 aliphatic rings. The molecule has 1 heterocycles. The van der Waals surface area contributed by atoms with Gasteiger partial charge < -0.3 is 10.6 Å². The Morgan fingerprint density at radius 1 is 1.14 bits per heavy atom. The molecular formula is C16H17N5O. The molecule has 2 rings (SSSR count). The number of hydrogen-bond donors (Lipinski definition) is 2. The molecule has 0 saturated heterocycles. The number of carbonyl (C=O) groups excluding carboxylic acids is 1. The maximum absolute atomic E-state index is 11.9. The molecule has 0 radical (unpaired) electrons. The number of benzene rings is 1. The third-order valence-corrected chi connectivity index (χ3v) is 2.85. The zero-order valence-corrected chi connectivity index (χ0v) is 12.7. The third kappa shape index (κ3) is 4.03. The van der Waals surface area contributed by atoms with Gasteiger partial charge in [-0.2, -0.15) is 5.26 Å². The van der Waals surface area contributed by atoms with E-state index in [2.05, 4.69) is 26.9 Å². The third-order valence-electron chi connectivity index (χ3n) is 2.85. The van der Waals surface area contributed by atoms with Gasteiger partial charge in [-0.15, -0.1) is 10.2 Å². The summed E-state index contributed by atoms with van der Waals surface area (Å²) in [6, 6.07) is 12.5. The molecule has 0 atom stereocenters. The van der Waals surface area contributed by atoms with Crippen molar-refractivity contribution in [2.75, 3.05) is 10.6 Å². The summed E-state index contributed by atoms with van der Waals surface area (Å²) in [5, 5.41) is 22.6. The molecule has 0 aliphatic carbocycles. The van der Waals surface area contributed by atoms with Crippen molar-refractivity contribution in [3.63, 3.8) is 0 Å². The molecule has 1 aromatic carbocycles. The monoisotopic (exact) mass is 295 g/mol. The van der Waals surface area contributed by atoms with E-state index < -0.39 is 5.41 Å². The van der Waals surface area contributed by atoms with Crippen molar-refractivity contribution >= 4 is 23.2 Å². The van der Waals surface area contributed by atoms with E-state index in [-0.39, 0.29) is 5.91 Å². The molecular weight excluding hydrogens is 278 g/mol. The van der Waals surface area contributed by atoms with E-state index in [0.29, 0.717) is 17.2 Å².